The SMILES string of the molecule is COc1c(F)cccc1Nc1c(-c2ccc(O)c(O)c2)[nH]c2c1C(=O)NCC2. The molecular formula is C20H18FN3O4. The van der Waals surface area contributed by atoms with E-state index in [-0.39, 0.29) is 23.2 Å². The molecule has 4 rings (SSSR count). The lowest BCUT2D eigenvalue weighted by atomic mass is 10.0. The molecule has 8 heteroatoms. The number of H-pyrrole nitrogens is 1. The van der Waals surface area contributed by atoms with Gasteiger partial charge in [0.1, 0.15) is 0 Å². The molecule has 0 saturated heterocycles. The van der Waals surface area contributed by atoms with Crippen LogP contribution in [0.15, 0.2) is 36.4 Å². The van der Waals surface area contributed by atoms with Gasteiger partial charge in [-0.25, -0.2) is 4.39 Å². The molecule has 0 atom stereocenters. The van der Waals surface area contributed by atoms with E-state index in [9.17, 15) is 19.4 Å². The first-order valence-corrected chi connectivity index (χ1v) is 8.64. The number of anilines is 2. The summed E-state index contributed by atoms with van der Waals surface area (Å²) in [6, 6.07) is 8.81. The smallest absolute Gasteiger partial charge is 0.255 e. The van der Waals surface area contributed by atoms with Crippen molar-refractivity contribution in [2.24, 2.45) is 0 Å². The van der Waals surface area contributed by atoms with Crippen LogP contribution in [0.25, 0.3) is 11.3 Å². The van der Waals surface area contributed by atoms with Gasteiger partial charge >= 0.3 is 0 Å². The van der Waals surface area contributed by atoms with Crippen molar-refractivity contribution < 1.29 is 24.1 Å². The molecule has 3 aromatic rings. The number of aromatic nitrogens is 1. The molecule has 5 N–H and O–H groups in total. The van der Waals surface area contributed by atoms with Crippen LogP contribution in [0.2, 0.25) is 0 Å². The molecule has 0 saturated carbocycles. The van der Waals surface area contributed by atoms with Gasteiger partial charge in [-0.2, -0.15) is 0 Å². The second-order valence-corrected chi connectivity index (χ2v) is 6.38. The van der Waals surface area contributed by atoms with Crippen molar-refractivity contribution >= 4 is 17.3 Å². The molecule has 0 unspecified atom stereocenters. The molecular weight excluding hydrogens is 365 g/mol. The number of hydrogen-bond acceptors (Lipinski definition) is 5. The number of phenols is 2. The summed E-state index contributed by atoms with van der Waals surface area (Å²) in [5.74, 6) is -1.31. The Morgan fingerprint density at radius 3 is 2.75 bits per heavy atom. The summed E-state index contributed by atoms with van der Waals surface area (Å²) in [5.41, 5.74) is 3.01. The predicted octanol–water partition coefficient (Wildman–Crippen LogP) is 3.27. The van der Waals surface area contributed by atoms with Crippen molar-refractivity contribution in [1.82, 2.24) is 10.3 Å². The number of ether oxygens (including phenoxy) is 1. The summed E-state index contributed by atoms with van der Waals surface area (Å²) in [4.78, 5) is 15.7. The van der Waals surface area contributed by atoms with Gasteiger partial charge in [0.25, 0.3) is 5.91 Å². The Labute approximate surface area is 159 Å². The first-order chi connectivity index (χ1) is 13.5. The van der Waals surface area contributed by atoms with Crippen molar-refractivity contribution in [3.8, 4) is 28.5 Å². The van der Waals surface area contributed by atoms with Crippen LogP contribution in [0.1, 0.15) is 16.1 Å². The third-order valence-corrected chi connectivity index (χ3v) is 4.66. The number of methoxy groups -OCH3 is 1. The number of benzene rings is 2. The molecule has 0 fully saturated rings. The predicted molar refractivity (Wildman–Crippen MR) is 102 cm³/mol. The highest BCUT2D eigenvalue weighted by Gasteiger charge is 2.28. The number of amides is 1. The van der Waals surface area contributed by atoms with Gasteiger partial charge in [-0.15, -0.1) is 0 Å². The fourth-order valence-corrected chi connectivity index (χ4v) is 3.35. The second-order valence-electron chi connectivity index (χ2n) is 6.38. The first-order valence-electron chi connectivity index (χ1n) is 8.64. The molecule has 1 aromatic heterocycles. The van der Waals surface area contributed by atoms with Crippen molar-refractivity contribution in [3.63, 3.8) is 0 Å². The number of phenolic OH excluding ortho intramolecular Hbond substituents is 2. The highest BCUT2D eigenvalue weighted by Crippen LogP contribution is 2.41. The number of fused-ring (bicyclic) bond motifs is 1. The number of rotatable bonds is 4. The summed E-state index contributed by atoms with van der Waals surface area (Å²) in [6.07, 6.45) is 0.597. The number of carbonyl (C=O) groups excluding carboxylic acids is 1. The van der Waals surface area contributed by atoms with E-state index in [1.807, 2.05) is 0 Å². The molecule has 0 aliphatic carbocycles. The summed E-state index contributed by atoms with van der Waals surface area (Å²) in [5, 5.41) is 25.4. The van der Waals surface area contributed by atoms with Gasteiger partial charge in [0.05, 0.1) is 29.7 Å². The second kappa shape index (κ2) is 6.80. The van der Waals surface area contributed by atoms with Gasteiger partial charge in [0.2, 0.25) is 0 Å². The molecule has 144 valence electrons. The van der Waals surface area contributed by atoms with E-state index in [0.717, 1.165) is 5.69 Å². The van der Waals surface area contributed by atoms with E-state index in [2.05, 4.69) is 15.6 Å². The van der Waals surface area contributed by atoms with Crippen molar-refractivity contribution in [2.75, 3.05) is 19.0 Å². The normalized spacial score (nSPS) is 13.0. The van der Waals surface area contributed by atoms with Gasteiger partial charge in [0, 0.05) is 24.2 Å². The van der Waals surface area contributed by atoms with Crippen molar-refractivity contribution in [3.05, 3.63) is 53.5 Å². The Morgan fingerprint density at radius 1 is 1.18 bits per heavy atom. The standard InChI is InChI=1S/C20H18FN3O4/c1-28-19-11(21)3-2-4-13(19)24-18-16-12(7-8-22-20(16)27)23-17(18)10-5-6-14(25)15(26)9-10/h2-6,9,23-26H,7-8H2,1H3,(H,22,27). The van der Waals surface area contributed by atoms with Crippen LogP contribution in [0.5, 0.6) is 17.2 Å². The molecule has 1 aliphatic rings. The topological polar surface area (TPSA) is 107 Å². The Morgan fingerprint density at radius 2 is 2.00 bits per heavy atom. The minimum absolute atomic E-state index is 0.0215. The molecule has 1 amide bonds. The third kappa shape index (κ3) is 2.88. The minimum atomic E-state index is -0.537. The number of halogens is 1. The van der Waals surface area contributed by atoms with E-state index in [1.54, 1.807) is 12.1 Å². The molecule has 7 nitrogen and oxygen atoms in total. The molecule has 0 spiro atoms. The average Bonchev–Trinajstić information content (AvgIpc) is 3.04. The fourth-order valence-electron chi connectivity index (χ4n) is 3.35. The third-order valence-electron chi connectivity index (χ3n) is 4.66. The lowest BCUT2D eigenvalue weighted by molar-refractivity contribution is 0.0947. The number of nitrogens with one attached hydrogen (secondary N) is 3. The molecule has 28 heavy (non-hydrogen) atoms. The Hall–Kier alpha value is -3.68. The van der Waals surface area contributed by atoms with E-state index in [4.69, 9.17) is 4.74 Å². The largest absolute Gasteiger partial charge is 0.504 e. The van der Waals surface area contributed by atoms with Crippen LogP contribution in [-0.2, 0) is 6.42 Å². The van der Waals surface area contributed by atoms with Gasteiger partial charge in [-0.1, -0.05) is 6.07 Å². The van der Waals surface area contributed by atoms with E-state index >= 15 is 0 Å². The Balaban J connectivity index is 1.90. The van der Waals surface area contributed by atoms with Crippen LogP contribution in [0, 0.1) is 5.82 Å². The Kier molecular flexibility index (Phi) is 4.31. The monoisotopic (exact) mass is 383 g/mol. The first kappa shape index (κ1) is 17.7. The van der Waals surface area contributed by atoms with Crippen molar-refractivity contribution in [2.45, 2.75) is 6.42 Å². The molecule has 2 heterocycles. The zero-order valence-corrected chi connectivity index (χ0v) is 15.0. The highest BCUT2D eigenvalue weighted by atomic mass is 19.1. The number of aromatic hydroxyl groups is 2. The zero-order valence-electron chi connectivity index (χ0n) is 15.0. The Bertz CT molecular complexity index is 1080. The lowest BCUT2D eigenvalue weighted by Gasteiger charge is -2.16. The minimum Gasteiger partial charge on any atom is -0.504 e. The van der Waals surface area contributed by atoms with Crippen LogP contribution >= 0.6 is 0 Å². The van der Waals surface area contributed by atoms with Gasteiger partial charge in [-0.3, -0.25) is 4.79 Å². The van der Waals surface area contributed by atoms with Crippen LogP contribution in [-0.4, -0.2) is 34.8 Å². The summed E-state index contributed by atoms with van der Waals surface area (Å²) >= 11 is 0. The highest BCUT2D eigenvalue weighted by molar-refractivity contribution is 6.06. The maximum Gasteiger partial charge on any atom is 0.255 e. The fraction of sp³-hybridized carbons (Fsp3) is 0.150. The lowest BCUT2D eigenvalue weighted by Crippen LogP contribution is -2.31. The number of carbonyl (C=O) groups is 1. The molecule has 1 aliphatic heterocycles. The van der Waals surface area contributed by atoms with Crippen LogP contribution < -0.4 is 15.4 Å². The van der Waals surface area contributed by atoms with Gasteiger partial charge in [0.15, 0.2) is 23.1 Å². The summed E-state index contributed by atoms with van der Waals surface area (Å²) in [6.45, 7) is 0.495. The molecule has 0 bridgehead atoms. The quantitative estimate of drug-likeness (QED) is 0.445. The van der Waals surface area contributed by atoms with Crippen LogP contribution in [0.3, 0.4) is 0 Å². The number of aromatic amines is 1. The number of para-hydroxylation sites is 1. The van der Waals surface area contributed by atoms with E-state index in [0.29, 0.717) is 41.2 Å². The maximum absolute atomic E-state index is 14.1. The van der Waals surface area contributed by atoms with E-state index < -0.39 is 5.82 Å². The van der Waals surface area contributed by atoms with E-state index in [1.165, 1.54) is 31.4 Å². The zero-order chi connectivity index (χ0) is 19.8. The molecule has 2 aromatic carbocycles. The average molecular weight is 383 g/mol. The van der Waals surface area contributed by atoms with Crippen LogP contribution in [0.4, 0.5) is 15.8 Å². The van der Waals surface area contributed by atoms with Crippen molar-refractivity contribution in [1.29, 1.82) is 0 Å². The molecule has 0 radical (unpaired) electrons. The van der Waals surface area contributed by atoms with Gasteiger partial charge in [-0.05, 0) is 30.3 Å². The maximum atomic E-state index is 14.1. The summed E-state index contributed by atoms with van der Waals surface area (Å²) < 4.78 is 19.3. The summed E-state index contributed by atoms with van der Waals surface area (Å²) in [7, 11) is 1.36. The van der Waals surface area contributed by atoms with Gasteiger partial charge < -0.3 is 30.6 Å². The number of hydrogen-bond donors (Lipinski definition) is 5.